The summed E-state index contributed by atoms with van der Waals surface area (Å²) in [6.07, 6.45) is 0.849. The predicted octanol–water partition coefficient (Wildman–Crippen LogP) is 0.990. The molecule has 1 aromatic heterocycles. The number of ether oxygens (including phenoxy) is 1. The van der Waals surface area contributed by atoms with Crippen LogP contribution in [0.1, 0.15) is 18.2 Å². The largest absolute Gasteiger partial charge is 0.480 e. The Hall–Kier alpha value is -2.41. The van der Waals surface area contributed by atoms with Crippen LogP contribution in [0.25, 0.3) is 11.0 Å². The number of carbonyl (C=O) groups excluding carboxylic acids is 1. The number of para-hydroxylation sites is 2. The summed E-state index contributed by atoms with van der Waals surface area (Å²) in [5.74, 6) is -0.0758. The van der Waals surface area contributed by atoms with Crippen molar-refractivity contribution in [2.75, 3.05) is 26.3 Å². The van der Waals surface area contributed by atoms with Gasteiger partial charge in [0.2, 0.25) is 5.91 Å². The third kappa shape index (κ3) is 3.19. The van der Waals surface area contributed by atoms with Gasteiger partial charge in [-0.05, 0) is 18.6 Å². The highest BCUT2D eigenvalue weighted by Crippen LogP contribution is 2.28. The van der Waals surface area contributed by atoms with Crippen LogP contribution in [0.2, 0.25) is 0 Å². The molecule has 122 valence electrons. The normalized spacial score (nSPS) is 17.8. The lowest BCUT2D eigenvalue weighted by Gasteiger charge is -2.16. The summed E-state index contributed by atoms with van der Waals surface area (Å²) in [5.41, 5.74) is 2.04. The first-order chi connectivity index (χ1) is 11.1. The topological polar surface area (TPSA) is 84.7 Å². The molecule has 0 radical (unpaired) electrons. The molecule has 1 atom stereocenters. The summed E-state index contributed by atoms with van der Waals surface area (Å²) >= 11 is 0. The predicted molar refractivity (Wildman–Crippen MR) is 83.1 cm³/mol. The number of carboxylic acid groups (broad SMARTS) is 1. The van der Waals surface area contributed by atoms with Gasteiger partial charge in [0.15, 0.2) is 0 Å². The van der Waals surface area contributed by atoms with Crippen LogP contribution in [0.3, 0.4) is 0 Å². The summed E-state index contributed by atoms with van der Waals surface area (Å²) in [6, 6.07) is 7.96. The van der Waals surface area contributed by atoms with Gasteiger partial charge in [-0.15, -0.1) is 0 Å². The number of hydrogen-bond donors (Lipinski definition) is 1. The molecule has 1 saturated heterocycles. The van der Waals surface area contributed by atoms with Gasteiger partial charge in [0.25, 0.3) is 0 Å². The third-order valence-electron chi connectivity index (χ3n) is 4.18. The van der Waals surface area contributed by atoms with Crippen molar-refractivity contribution in [2.45, 2.75) is 12.3 Å². The van der Waals surface area contributed by atoms with Crippen LogP contribution in [-0.4, -0.2) is 57.7 Å². The molecule has 2 aromatic rings. The van der Waals surface area contributed by atoms with Crippen LogP contribution in [0.4, 0.5) is 0 Å². The zero-order chi connectivity index (χ0) is 16.4. The zero-order valence-corrected chi connectivity index (χ0v) is 12.9. The Morgan fingerprint density at radius 1 is 1.35 bits per heavy atom. The molecule has 3 rings (SSSR count). The molecular formula is C16H19N3O4. The number of carbonyl (C=O) groups is 2. The Bertz CT molecular complexity index is 740. The highest BCUT2D eigenvalue weighted by Gasteiger charge is 2.30. The van der Waals surface area contributed by atoms with Crippen LogP contribution in [-0.2, 0) is 21.4 Å². The maximum atomic E-state index is 12.0. The molecule has 0 saturated carbocycles. The molecule has 1 fully saturated rings. The van der Waals surface area contributed by atoms with Crippen molar-refractivity contribution in [1.29, 1.82) is 0 Å². The highest BCUT2D eigenvalue weighted by molar-refractivity contribution is 5.79. The smallest absolute Gasteiger partial charge is 0.329 e. The number of benzene rings is 1. The summed E-state index contributed by atoms with van der Waals surface area (Å²) < 4.78 is 6.95. The Kier molecular flexibility index (Phi) is 4.29. The fourth-order valence-corrected chi connectivity index (χ4v) is 3.04. The number of likely N-dealkylation sites (tertiary alicyclic amines) is 1. The molecule has 23 heavy (non-hydrogen) atoms. The molecule has 7 nitrogen and oxygen atoms in total. The van der Waals surface area contributed by atoms with Crippen LogP contribution >= 0.6 is 0 Å². The van der Waals surface area contributed by atoms with E-state index in [1.807, 2.05) is 31.3 Å². The van der Waals surface area contributed by atoms with E-state index in [9.17, 15) is 9.59 Å². The second-order valence-electron chi connectivity index (χ2n) is 5.73. The first-order valence-electron chi connectivity index (χ1n) is 7.55. The average Bonchev–Trinajstić information content (AvgIpc) is 3.12. The molecule has 1 amide bonds. The van der Waals surface area contributed by atoms with E-state index >= 15 is 0 Å². The van der Waals surface area contributed by atoms with Crippen LogP contribution in [0, 0.1) is 0 Å². The SMILES string of the molecule is Cn1c([C@H]2CCN(C(=O)COCC(=O)O)C2)nc2ccccc21. The molecule has 0 spiro atoms. The minimum atomic E-state index is -1.07. The number of fused-ring (bicyclic) bond motifs is 1. The number of aryl methyl sites for hydroxylation is 1. The van der Waals surface area contributed by atoms with Crippen LogP contribution < -0.4 is 0 Å². The first-order valence-corrected chi connectivity index (χ1v) is 7.55. The number of imidazole rings is 1. The van der Waals surface area contributed by atoms with E-state index in [1.165, 1.54) is 0 Å². The number of aromatic nitrogens is 2. The number of rotatable bonds is 5. The van der Waals surface area contributed by atoms with E-state index in [0.29, 0.717) is 13.1 Å². The lowest BCUT2D eigenvalue weighted by Crippen LogP contribution is -2.32. The molecule has 7 heteroatoms. The van der Waals surface area contributed by atoms with E-state index in [1.54, 1.807) is 4.90 Å². The van der Waals surface area contributed by atoms with Gasteiger partial charge in [0.05, 0.1) is 11.0 Å². The lowest BCUT2D eigenvalue weighted by molar-refractivity contribution is -0.145. The Labute approximate surface area is 133 Å². The van der Waals surface area contributed by atoms with E-state index in [-0.39, 0.29) is 18.4 Å². The van der Waals surface area contributed by atoms with Gasteiger partial charge < -0.3 is 19.3 Å². The van der Waals surface area contributed by atoms with Gasteiger partial charge in [0, 0.05) is 26.1 Å². The van der Waals surface area contributed by atoms with E-state index in [2.05, 4.69) is 9.55 Å². The molecule has 0 aliphatic carbocycles. The summed E-state index contributed by atoms with van der Waals surface area (Å²) in [4.78, 5) is 28.8. The highest BCUT2D eigenvalue weighted by atomic mass is 16.5. The molecule has 1 aliphatic rings. The number of aliphatic carboxylic acids is 1. The van der Waals surface area contributed by atoms with Gasteiger partial charge in [-0.2, -0.15) is 0 Å². The van der Waals surface area contributed by atoms with Crippen molar-refractivity contribution < 1.29 is 19.4 Å². The standard InChI is InChI=1S/C16H19N3O4/c1-18-13-5-3-2-4-12(13)17-16(18)11-6-7-19(8-11)14(20)9-23-10-15(21)22/h2-5,11H,6-10H2,1H3,(H,21,22)/t11-/m0/s1. The average molecular weight is 317 g/mol. The van der Waals surface area contributed by atoms with Crippen molar-refractivity contribution in [1.82, 2.24) is 14.5 Å². The monoisotopic (exact) mass is 317 g/mol. The quantitative estimate of drug-likeness (QED) is 0.889. The van der Waals surface area contributed by atoms with Crippen LogP contribution in [0.15, 0.2) is 24.3 Å². The minimum absolute atomic E-state index is 0.174. The van der Waals surface area contributed by atoms with Gasteiger partial charge >= 0.3 is 5.97 Å². The Morgan fingerprint density at radius 3 is 2.87 bits per heavy atom. The van der Waals surface area contributed by atoms with Crippen molar-refractivity contribution >= 4 is 22.9 Å². The third-order valence-corrected chi connectivity index (χ3v) is 4.18. The molecule has 1 aromatic carbocycles. The fraction of sp³-hybridized carbons (Fsp3) is 0.438. The molecule has 2 heterocycles. The summed E-state index contributed by atoms with van der Waals surface area (Å²) in [6.45, 7) is 0.588. The van der Waals surface area contributed by atoms with Crippen molar-refractivity contribution in [2.24, 2.45) is 7.05 Å². The van der Waals surface area contributed by atoms with E-state index < -0.39 is 12.6 Å². The second kappa shape index (κ2) is 6.37. The zero-order valence-electron chi connectivity index (χ0n) is 12.9. The number of nitrogens with zero attached hydrogens (tertiary/aromatic N) is 3. The van der Waals surface area contributed by atoms with Gasteiger partial charge in [0.1, 0.15) is 19.0 Å². The molecular weight excluding hydrogens is 298 g/mol. The summed E-state index contributed by atoms with van der Waals surface area (Å²) in [7, 11) is 1.99. The second-order valence-corrected chi connectivity index (χ2v) is 5.73. The Morgan fingerprint density at radius 2 is 2.13 bits per heavy atom. The van der Waals surface area contributed by atoms with Crippen molar-refractivity contribution in [3.05, 3.63) is 30.1 Å². The lowest BCUT2D eigenvalue weighted by atomic mass is 10.1. The van der Waals surface area contributed by atoms with E-state index in [0.717, 1.165) is 23.3 Å². The van der Waals surface area contributed by atoms with Crippen molar-refractivity contribution in [3.8, 4) is 0 Å². The fourth-order valence-electron chi connectivity index (χ4n) is 3.04. The Balaban J connectivity index is 1.65. The van der Waals surface area contributed by atoms with Gasteiger partial charge in [-0.1, -0.05) is 12.1 Å². The molecule has 1 aliphatic heterocycles. The number of amides is 1. The number of carboxylic acids is 1. The summed E-state index contributed by atoms with van der Waals surface area (Å²) in [5, 5.41) is 8.52. The maximum absolute atomic E-state index is 12.0. The van der Waals surface area contributed by atoms with Crippen LogP contribution in [0.5, 0.6) is 0 Å². The van der Waals surface area contributed by atoms with Gasteiger partial charge in [-0.3, -0.25) is 4.79 Å². The minimum Gasteiger partial charge on any atom is -0.480 e. The molecule has 0 unspecified atom stereocenters. The van der Waals surface area contributed by atoms with Gasteiger partial charge in [-0.25, -0.2) is 9.78 Å². The van der Waals surface area contributed by atoms with Crippen molar-refractivity contribution in [3.63, 3.8) is 0 Å². The number of hydrogen-bond acceptors (Lipinski definition) is 4. The first kappa shape index (κ1) is 15.5. The maximum Gasteiger partial charge on any atom is 0.329 e. The molecule has 0 bridgehead atoms. The van der Waals surface area contributed by atoms with E-state index in [4.69, 9.17) is 9.84 Å². The molecule has 1 N–H and O–H groups in total.